The Kier molecular flexibility index (Phi) is 6.35. The summed E-state index contributed by atoms with van der Waals surface area (Å²) in [6, 6.07) is 19.9. The first-order valence-electron chi connectivity index (χ1n) is 11.9. The summed E-state index contributed by atoms with van der Waals surface area (Å²) in [5.41, 5.74) is 11.1. The Bertz CT molecular complexity index is 1460. The van der Waals surface area contributed by atoms with Crippen LogP contribution in [-0.2, 0) is 4.74 Å². The maximum Gasteiger partial charge on any atom is 0.259 e. The fourth-order valence-corrected chi connectivity index (χ4v) is 5.89. The highest BCUT2D eigenvalue weighted by atomic mass is 32.1. The van der Waals surface area contributed by atoms with Crippen LogP contribution in [0.15, 0.2) is 54.6 Å². The molecule has 5 rings (SSSR count). The van der Waals surface area contributed by atoms with E-state index in [0.29, 0.717) is 40.3 Å². The number of carbonyl (C=O) groups is 1. The number of morpholine rings is 1. The van der Waals surface area contributed by atoms with Crippen molar-refractivity contribution in [1.29, 1.82) is 5.26 Å². The molecule has 4 aromatic rings. The van der Waals surface area contributed by atoms with Gasteiger partial charge in [0.15, 0.2) is 0 Å². The number of thiophene rings is 1. The molecule has 1 saturated heterocycles. The molecule has 2 unspecified atom stereocenters. The molecule has 0 radical (unpaired) electrons. The van der Waals surface area contributed by atoms with E-state index < -0.39 is 0 Å². The molecular weight excluding hydrogens is 470 g/mol. The second-order valence-corrected chi connectivity index (χ2v) is 10.2. The van der Waals surface area contributed by atoms with Gasteiger partial charge in [0.1, 0.15) is 28.0 Å². The number of ether oxygens (including phenoxy) is 1. The van der Waals surface area contributed by atoms with E-state index in [-0.39, 0.29) is 23.9 Å². The van der Waals surface area contributed by atoms with E-state index in [9.17, 15) is 10.1 Å². The van der Waals surface area contributed by atoms with Gasteiger partial charge in [0.2, 0.25) is 0 Å². The quantitative estimate of drug-likeness (QED) is 0.374. The van der Waals surface area contributed by atoms with Crippen molar-refractivity contribution in [2.45, 2.75) is 33.0 Å². The number of nitrogen functional groups attached to an aromatic ring is 1. The normalized spacial score (nSPS) is 17.7. The van der Waals surface area contributed by atoms with E-state index in [1.807, 2.05) is 80.3 Å². The van der Waals surface area contributed by atoms with Crippen molar-refractivity contribution in [3.05, 3.63) is 71.3 Å². The molecule has 2 atom stereocenters. The number of nitrogens with two attached hydrogens (primary N) is 1. The third-order valence-corrected chi connectivity index (χ3v) is 7.36. The number of rotatable bonds is 4. The Labute approximate surface area is 214 Å². The lowest BCUT2D eigenvalue weighted by Crippen LogP contribution is -2.48. The summed E-state index contributed by atoms with van der Waals surface area (Å²) < 4.78 is 6.61. The molecule has 0 aliphatic carbocycles. The summed E-state index contributed by atoms with van der Waals surface area (Å²) in [5.74, 6) is -0.0187. The number of aryl methyl sites for hydroxylation is 1. The van der Waals surface area contributed by atoms with Crippen LogP contribution in [0.3, 0.4) is 0 Å². The van der Waals surface area contributed by atoms with Crippen LogP contribution in [-0.4, -0.2) is 41.1 Å². The molecule has 0 spiro atoms. The van der Waals surface area contributed by atoms with Crippen LogP contribution < -0.4 is 11.1 Å². The van der Waals surface area contributed by atoms with Crippen molar-refractivity contribution in [3.8, 4) is 17.2 Å². The fraction of sp³-hybridized carbons (Fsp3) is 0.250. The van der Waals surface area contributed by atoms with Crippen LogP contribution in [0.25, 0.3) is 21.3 Å². The van der Waals surface area contributed by atoms with E-state index in [0.717, 1.165) is 21.5 Å². The van der Waals surface area contributed by atoms with Gasteiger partial charge in [-0.3, -0.25) is 4.79 Å². The third-order valence-electron chi connectivity index (χ3n) is 6.25. The lowest BCUT2D eigenvalue weighted by atomic mass is 9.99. The van der Waals surface area contributed by atoms with Gasteiger partial charge in [-0.1, -0.05) is 48.0 Å². The molecule has 8 heteroatoms. The largest absolute Gasteiger partial charge is 0.383 e. The average molecular weight is 498 g/mol. The summed E-state index contributed by atoms with van der Waals surface area (Å²) in [6.07, 6.45) is -0.140. The number of nitrogens with one attached hydrogen (secondary N) is 1. The topological polar surface area (TPSA) is 104 Å². The zero-order valence-electron chi connectivity index (χ0n) is 20.4. The molecule has 36 heavy (non-hydrogen) atoms. The Balaban J connectivity index is 1.74. The zero-order chi connectivity index (χ0) is 25.4. The number of nitrogens with zero attached hydrogens (tertiary/aromatic N) is 3. The summed E-state index contributed by atoms with van der Waals surface area (Å²) in [6.45, 7) is 6.94. The second kappa shape index (κ2) is 9.61. The Hall–Kier alpha value is -3.93. The molecule has 0 bridgehead atoms. The molecule has 1 aliphatic heterocycles. The van der Waals surface area contributed by atoms with Gasteiger partial charge in [-0.2, -0.15) is 5.26 Å². The molecule has 3 N–H and O–H groups in total. The molecule has 7 nitrogen and oxygen atoms in total. The zero-order valence-corrected chi connectivity index (χ0v) is 21.2. The average Bonchev–Trinajstić information content (AvgIpc) is 3.21. The lowest BCUT2D eigenvalue weighted by Gasteiger charge is -2.35. The molecule has 2 aromatic heterocycles. The van der Waals surface area contributed by atoms with E-state index in [2.05, 4.69) is 16.4 Å². The van der Waals surface area contributed by atoms with Gasteiger partial charge in [-0.15, -0.1) is 11.3 Å². The van der Waals surface area contributed by atoms with Crippen LogP contribution in [0, 0.1) is 18.3 Å². The number of nitriles is 1. The maximum absolute atomic E-state index is 14.0. The number of amides is 1. The minimum absolute atomic E-state index is 0.0702. The van der Waals surface area contributed by atoms with E-state index in [4.69, 9.17) is 10.5 Å². The monoisotopic (exact) mass is 497 g/mol. The first-order valence-corrected chi connectivity index (χ1v) is 12.7. The highest BCUT2D eigenvalue weighted by molar-refractivity contribution is 7.24. The maximum atomic E-state index is 14.0. The first-order chi connectivity index (χ1) is 17.4. The van der Waals surface area contributed by atoms with Gasteiger partial charge in [0, 0.05) is 24.3 Å². The number of hydrogen-bond acceptors (Lipinski definition) is 7. The van der Waals surface area contributed by atoms with Crippen LogP contribution in [0.4, 0.5) is 16.5 Å². The predicted octanol–water partition coefficient (Wildman–Crippen LogP) is 5.72. The standard InChI is InChI=1S/C28H27N5O2S/c1-16-9-11-20(12-10-16)31-27-23(28(34)33-14-17(2)35-18(3)15-33)24-25(36-27)22(19-7-5-4-6-8-19)21(13-29)26(30)32-24/h4-12,17-18,31H,14-15H2,1-3H3,(H2,30,32). The van der Waals surface area contributed by atoms with Crippen LogP contribution in [0.2, 0.25) is 0 Å². The molecule has 1 amide bonds. The molecular formula is C28H27N5O2S. The van der Waals surface area contributed by atoms with Crippen molar-refractivity contribution in [2.75, 3.05) is 24.1 Å². The van der Waals surface area contributed by atoms with Gasteiger partial charge >= 0.3 is 0 Å². The summed E-state index contributed by atoms with van der Waals surface area (Å²) in [5, 5.41) is 14.1. The Morgan fingerprint density at radius 3 is 2.44 bits per heavy atom. The fourth-order valence-electron chi connectivity index (χ4n) is 4.67. The van der Waals surface area contributed by atoms with Crippen molar-refractivity contribution < 1.29 is 9.53 Å². The van der Waals surface area contributed by atoms with Gasteiger partial charge in [0.05, 0.1) is 22.4 Å². The lowest BCUT2D eigenvalue weighted by molar-refractivity contribution is -0.0585. The van der Waals surface area contributed by atoms with Crippen LogP contribution >= 0.6 is 11.3 Å². The van der Waals surface area contributed by atoms with Crippen molar-refractivity contribution >= 4 is 44.0 Å². The molecule has 0 saturated carbocycles. The number of fused-ring (bicyclic) bond motifs is 1. The molecule has 1 fully saturated rings. The summed E-state index contributed by atoms with van der Waals surface area (Å²) >= 11 is 1.42. The van der Waals surface area contributed by atoms with Gasteiger partial charge in [-0.25, -0.2) is 4.98 Å². The number of anilines is 3. The van der Waals surface area contributed by atoms with Gasteiger partial charge in [0.25, 0.3) is 5.91 Å². The first kappa shape index (κ1) is 23.8. The van der Waals surface area contributed by atoms with E-state index in [1.54, 1.807) is 0 Å². The van der Waals surface area contributed by atoms with Gasteiger partial charge < -0.3 is 20.7 Å². The van der Waals surface area contributed by atoms with Crippen molar-refractivity contribution in [2.24, 2.45) is 0 Å². The molecule has 2 aromatic carbocycles. The molecule has 182 valence electrons. The third kappa shape index (κ3) is 4.39. The number of pyridine rings is 1. The predicted molar refractivity (Wildman–Crippen MR) is 145 cm³/mol. The Morgan fingerprint density at radius 1 is 1.14 bits per heavy atom. The number of hydrogen-bond donors (Lipinski definition) is 2. The number of aromatic nitrogens is 1. The van der Waals surface area contributed by atoms with Crippen LogP contribution in [0.1, 0.15) is 35.3 Å². The SMILES string of the molecule is Cc1ccc(Nc2sc3c(-c4ccccc4)c(C#N)c(N)nc3c2C(=O)N2CC(C)OC(C)C2)cc1. The number of carbonyl (C=O) groups excluding carboxylic acids is 1. The molecule has 3 heterocycles. The number of benzene rings is 2. The van der Waals surface area contributed by atoms with Crippen molar-refractivity contribution in [1.82, 2.24) is 9.88 Å². The highest BCUT2D eigenvalue weighted by Gasteiger charge is 2.32. The smallest absolute Gasteiger partial charge is 0.259 e. The van der Waals surface area contributed by atoms with E-state index >= 15 is 0 Å². The minimum atomic E-state index is -0.131. The van der Waals surface area contributed by atoms with Crippen molar-refractivity contribution in [3.63, 3.8) is 0 Å². The van der Waals surface area contributed by atoms with E-state index in [1.165, 1.54) is 11.3 Å². The summed E-state index contributed by atoms with van der Waals surface area (Å²) in [4.78, 5) is 20.5. The van der Waals surface area contributed by atoms with Gasteiger partial charge in [-0.05, 0) is 38.5 Å². The molecule has 1 aliphatic rings. The Morgan fingerprint density at radius 2 is 1.81 bits per heavy atom. The summed E-state index contributed by atoms with van der Waals surface area (Å²) in [7, 11) is 0. The highest BCUT2D eigenvalue weighted by Crippen LogP contribution is 2.44. The second-order valence-electron chi connectivity index (χ2n) is 9.17. The minimum Gasteiger partial charge on any atom is -0.383 e. The van der Waals surface area contributed by atoms with Crippen LogP contribution in [0.5, 0.6) is 0 Å².